The van der Waals surface area contributed by atoms with Gasteiger partial charge >= 0.3 is 5.97 Å². The van der Waals surface area contributed by atoms with Crippen molar-refractivity contribution in [1.82, 2.24) is 0 Å². The number of aryl methyl sites for hydroxylation is 1. The van der Waals surface area contributed by atoms with Crippen LogP contribution >= 0.6 is 0 Å². The van der Waals surface area contributed by atoms with E-state index in [1.807, 2.05) is 19.1 Å². The van der Waals surface area contributed by atoms with Crippen molar-refractivity contribution in [2.24, 2.45) is 0 Å². The molecular formula is C15H22O4S. The summed E-state index contributed by atoms with van der Waals surface area (Å²) in [6.45, 7) is 7.25. The number of benzene rings is 1. The molecule has 5 heteroatoms. The molecule has 2 atom stereocenters. The Bertz CT molecular complexity index is 474. The number of ether oxygens (including phenoxy) is 1. The van der Waals surface area contributed by atoms with Gasteiger partial charge in [-0.15, -0.1) is 0 Å². The molecule has 0 radical (unpaired) electrons. The molecule has 0 aromatic heterocycles. The van der Waals surface area contributed by atoms with Crippen LogP contribution in [0.4, 0.5) is 0 Å². The molecule has 0 amide bonds. The summed E-state index contributed by atoms with van der Waals surface area (Å²) < 4.78 is 17.1. The fraction of sp³-hybridized carbons (Fsp3) is 0.533. The summed E-state index contributed by atoms with van der Waals surface area (Å²) in [4.78, 5) is 12.2. The molecule has 20 heavy (non-hydrogen) atoms. The van der Waals surface area contributed by atoms with Gasteiger partial charge in [0.15, 0.2) is 0 Å². The Morgan fingerprint density at radius 1 is 1.30 bits per heavy atom. The molecule has 1 rings (SSSR count). The molecule has 0 saturated carbocycles. The highest BCUT2D eigenvalue weighted by Crippen LogP contribution is 2.12. The molecule has 0 saturated heterocycles. The lowest BCUT2D eigenvalue weighted by atomic mass is 10.2. The molecule has 1 N–H and O–H groups in total. The van der Waals surface area contributed by atoms with E-state index in [1.165, 1.54) is 0 Å². The molecule has 0 aliphatic carbocycles. The normalized spacial score (nSPS) is 14.7. The summed E-state index contributed by atoms with van der Waals surface area (Å²) >= 11 is 0. The zero-order valence-electron chi connectivity index (χ0n) is 12.4. The summed E-state index contributed by atoms with van der Waals surface area (Å²) in [6.07, 6.45) is -1.11. The highest BCUT2D eigenvalue weighted by molar-refractivity contribution is 7.85. The number of hydrogen-bond donors (Lipinski definition) is 1. The van der Waals surface area contributed by atoms with Crippen LogP contribution in [-0.2, 0) is 20.3 Å². The molecule has 4 nitrogen and oxygen atoms in total. The highest BCUT2D eigenvalue weighted by atomic mass is 32.2. The Kier molecular flexibility index (Phi) is 5.89. The van der Waals surface area contributed by atoms with Crippen LogP contribution in [0.1, 0.15) is 32.8 Å². The second kappa shape index (κ2) is 6.99. The maximum atomic E-state index is 12.0. The Balaban J connectivity index is 2.50. The molecule has 0 heterocycles. The largest absolute Gasteiger partial charge is 0.460 e. The van der Waals surface area contributed by atoms with Gasteiger partial charge in [-0.05, 0) is 39.8 Å². The van der Waals surface area contributed by atoms with E-state index in [9.17, 15) is 14.1 Å². The van der Waals surface area contributed by atoms with E-state index in [0.717, 1.165) is 5.56 Å². The van der Waals surface area contributed by atoms with E-state index in [4.69, 9.17) is 4.74 Å². The highest BCUT2D eigenvalue weighted by Gasteiger charge is 2.20. The van der Waals surface area contributed by atoms with Gasteiger partial charge in [0.2, 0.25) is 0 Å². The molecule has 112 valence electrons. The monoisotopic (exact) mass is 298 g/mol. The predicted octanol–water partition coefficient (Wildman–Crippen LogP) is 2.20. The molecule has 0 unspecified atom stereocenters. The standard InChI is InChI=1S/C15H22O4S/c1-11-5-7-13(8-6-11)20(18)10-12(16)9-14(17)19-15(2,3)4/h5-8,12,16H,9-10H2,1-4H3/t12-,20+/m1/s1. The minimum atomic E-state index is -1.32. The third-order valence-electron chi connectivity index (χ3n) is 2.45. The molecule has 0 spiro atoms. The lowest BCUT2D eigenvalue weighted by Crippen LogP contribution is -2.28. The second-order valence-electron chi connectivity index (χ2n) is 5.77. The van der Waals surface area contributed by atoms with Gasteiger partial charge in [0.1, 0.15) is 5.60 Å². The van der Waals surface area contributed by atoms with Gasteiger partial charge in [0, 0.05) is 4.90 Å². The first-order valence-electron chi connectivity index (χ1n) is 6.52. The van der Waals surface area contributed by atoms with Crippen molar-refractivity contribution in [2.75, 3.05) is 5.75 Å². The maximum Gasteiger partial charge on any atom is 0.308 e. The van der Waals surface area contributed by atoms with E-state index < -0.39 is 28.5 Å². The Labute approximate surface area is 122 Å². The van der Waals surface area contributed by atoms with Gasteiger partial charge in [-0.3, -0.25) is 9.00 Å². The molecule has 1 aromatic rings. The summed E-state index contributed by atoms with van der Waals surface area (Å²) in [5.74, 6) is -0.451. The number of rotatable bonds is 5. The van der Waals surface area contributed by atoms with Crippen molar-refractivity contribution in [3.8, 4) is 0 Å². The van der Waals surface area contributed by atoms with Crippen LogP contribution < -0.4 is 0 Å². The number of aliphatic hydroxyl groups is 1. The topological polar surface area (TPSA) is 63.6 Å². The number of carbonyl (C=O) groups is 1. The van der Waals surface area contributed by atoms with Gasteiger partial charge < -0.3 is 9.84 Å². The van der Waals surface area contributed by atoms with Crippen molar-refractivity contribution in [2.45, 2.75) is 50.7 Å². The van der Waals surface area contributed by atoms with Gasteiger partial charge in [-0.1, -0.05) is 17.7 Å². The third-order valence-corrected chi connectivity index (χ3v) is 3.94. The second-order valence-corrected chi connectivity index (χ2v) is 7.27. The van der Waals surface area contributed by atoms with Crippen LogP contribution in [0.2, 0.25) is 0 Å². The lowest BCUT2D eigenvalue weighted by Gasteiger charge is -2.20. The summed E-state index contributed by atoms with van der Waals surface area (Å²) in [6, 6.07) is 7.28. The fourth-order valence-electron chi connectivity index (χ4n) is 1.60. The Hall–Kier alpha value is -1.20. The van der Waals surface area contributed by atoms with Crippen molar-refractivity contribution in [1.29, 1.82) is 0 Å². The zero-order chi connectivity index (χ0) is 15.3. The van der Waals surface area contributed by atoms with Crippen LogP contribution in [0.3, 0.4) is 0 Å². The van der Waals surface area contributed by atoms with E-state index in [0.29, 0.717) is 4.90 Å². The van der Waals surface area contributed by atoms with Gasteiger partial charge in [-0.2, -0.15) is 0 Å². The average Bonchev–Trinajstić information content (AvgIpc) is 2.26. The van der Waals surface area contributed by atoms with E-state index in [1.54, 1.807) is 32.9 Å². The fourth-order valence-corrected chi connectivity index (χ4v) is 2.69. The first-order valence-corrected chi connectivity index (χ1v) is 7.84. The molecular weight excluding hydrogens is 276 g/mol. The van der Waals surface area contributed by atoms with Crippen LogP contribution in [-0.4, -0.2) is 32.7 Å². The molecule has 0 aliphatic heterocycles. The first kappa shape index (κ1) is 16.9. The quantitative estimate of drug-likeness (QED) is 0.846. The molecule has 0 fully saturated rings. The van der Waals surface area contributed by atoms with Gasteiger partial charge in [0.05, 0.1) is 29.1 Å². The van der Waals surface area contributed by atoms with Crippen LogP contribution in [0.15, 0.2) is 29.2 Å². The van der Waals surface area contributed by atoms with Crippen LogP contribution in [0.25, 0.3) is 0 Å². The van der Waals surface area contributed by atoms with Crippen LogP contribution in [0, 0.1) is 6.92 Å². The number of esters is 1. The van der Waals surface area contributed by atoms with E-state index in [-0.39, 0.29) is 12.2 Å². The summed E-state index contributed by atoms with van der Waals surface area (Å²) in [7, 11) is -1.32. The van der Waals surface area contributed by atoms with Crippen LogP contribution in [0.5, 0.6) is 0 Å². The van der Waals surface area contributed by atoms with Crippen molar-refractivity contribution < 1.29 is 18.8 Å². The maximum absolute atomic E-state index is 12.0. The average molecular weight is 298 g/mol. The smallest absolute Gasteiger partial charge is 0.308 e. The minimum Gasteiger partial charge on any atom is -0.460 e. The van der Waals surface area contributed by atoms with Crippen molar-refractivity contribution in [3.63, 3.8) is 0 Å². The van der Waals surface area contributed by atoms with Gasteiger partial charge in [-0.25, -0.2) is 0 Å². The zero-order valence-corrected chi connectivity index (χ0v) is 13.2. The Morgan fingerprint density at radius 2 is 1.85 bits per heavy atom. The molecule has 0 aliphatic rings. The Morgan fingerprint density at radius 3 is 2.35 bits per heavy atom. The predicted molar refractivity (Wildman–Crippen MR) is 78.9 cm³/mol. The third kappa shape index (κ3) is 6.30. The summed E-state index contributed by atoms with van der Waals surface area (Å²) in [5.41, 5.74) is 0.507. The lowest BCUT2D eigenvalue weighted by molar-refractivity contribution is -0.156. The van der Waals surface area contributed by atoms with E-state index in [2.05, 4.69) is 0 Å². The van der Waals surface area contributed by atoms with Crippen molar-refractivity contribution >= 4 is 16.8 Å². The van der Waals surface area contributed by atoms with E-state index >= 15 is 0 Å². The first-order chi connectivity index (χ1) is 9.17. The molecule has 0 bridgehead atoms. The number of aliphatic hydroxyl groups excluding tert-OH is 1. The SMILES string of the molecule is Cc1ccc([S@@](=O)C[C@H](O)CC(=O)OC(C)(C)C)cc1. The minimum absolute atomic E-state index is 0.0301. The summed E-state index contributed by atoms with van der Waals surface area (Å²) in [5, 5.41) is 9.81. The molecule has 1 aromatic carbocycles. The van der Waals surface area contributed by atoms with Gasteiger partial charge in [0.25, 0.3) is 0 Å². The number of hydrogen-bond acceptors (Lipinski definition) is 4. The van der Waals surface area contributed by atoms with Crippen molar-refractivity contribution in [3.05, 3.63) is 29.8 Å². The number of carbonyl (C=O) groups excluding carboxylic acids is 1.